The fraction of sp³-hybridized carbons (Fsp3) is 0.462. The lowest BCUT2D eigenvalue weighted by molar-refractivity contribution is -0.144. The molecule has 0 fully saturated rings. The maximum absolute atomic E-state index is 12.1. The van der Waals surface area contributed by atoms with Gasteiger partial charge in [-0.15, -0.1) is 0 Å². The number of likely N-dealkylation sites (N-methyl/N-ethyl adjacent to an activating group) is 1. The predicted molar refractivity (Wildman–Crippen MR) is 77.6 cm³/mol. The van der Waals surface area contributed by atoms with Crippen LogP contribution in [0.25, 0.3) is 0 Å². The van der Waals surface area contributed by atoms with E-state index < -0.39 is 9.84 Å². The van der Waals surface area contributed by atoms with Crippen LogP contribution in [0.3, 0.4) is 0 Å². The molecule has 0 heterocycles. The summed E-state index contributed by atoms with van der Waals surface area (Å²) in [6.45, 7) is 2.37. The van der Waals surface area contributed by atoms with E-state index in [-0.39, 0.29) is 29.7 Å². The Morgan fingerprint density at radius 2 is 1.90 bits per heavy atom. The Labute approximate surface area is 124 Å². The molecule has 20 heavy (non-hydrogen) atoms. The molecule has 1 rings (SSSR count). The number of hydrogen-bond donors (Lipinski definition) is 0. The van der Waals surface area contributed by atoms with Crippen molar-refractivity contribution in [1.29, 1.82) is 0 Å². The van der Waals surface area contributed by atoms with E-state index >= 15 is 0 Å². The molecule has 0 unspecified atom stereocenters. The fourth-order valence-corrected chi connectivity index (χ4v) is 3.01. The largest absolute Gasteiger partial charge is 0.465 e. The summed E-state index contributed by atoms with van der Waals surface area (Å²) in [5.74, 6) is -0.427. The number of sulfone groups is 1. The highest BCUT2D eigenvalue weighted by molar-refractivity contribution is 7.91. The molecule has 0 bridgehead atoms. The van der Waals surface area contributed by atoms with Gasteiger partial charge < -0.3 is 4.74 Å². The number of nitrogens with zero attached hydrogens (tertiary/aromatic N) is 1. The summed E-state index contributed by atoms with van der Waals surface area (Å²) < 4.78 is 28.9. The molecule has 112 valence electrons. The number of carbonyl (C=O) groups is 1. The first kappa shape index (κ1) is 16.9. The summed E-state index contributed by atoms with van der Waals surface area (Å²) in [6, 6.07) is 6.03. The van der Waals surface area contributed by atoms with Gasteiger partial charge in [-0.2, -0.15) is 0 Å². The third-order valence-corrected chi connectivity index (χ3v) is 4.58. The zero-order valence-corrected chi connectivity index (χ0v) is 13.1. The van der Waals surface area contributed by atoms with Crippen LogP contribution in [0.5, 0.6) is 0 Å². The van der Waals surface area contributed by atoms with Crippen molar-refractivity contribution >= 4 is 27.4 Å². The van der Waals surface area contributed by atoms with Crippen molar-refractivity contribution < 1.29 is 17.9 Å². The Bertz CT molecular complexity index is 542. The van der Waals surface area contributed by atoms with Crippen molar-refractivity contribution in [1.82, 2.24) is 4.90 Å². The molecule has 0 aliphatic rings. The molecule has 0 radical (unpaired) electrons. The van der Waals surface area contributed by atoms with Gasteiger partial charge in [0.1, 0.15) is 0 Å². The average Bonchev–Trinajstić information content (AvgIpc) is 2.37. The van der Waals surface area contributed by atoms with Crippen molar-refractivity contribution in [2.75, 3.05) is 32.5 Å². The van der Waals surface area contributed by atoms with Crippen molar-refractivity contribution in [3.63, 3.8) is 0 Å². The number of hydrogen-bond acceptors (Lipinski definition) is 5. The predicted octanol–water partition coefficient (Wildman–Crippen LogP) is 1.61. The van der Waals surface area contributed by atoms with Crippen LogP contribution in [-0.4, -0.2) is 51.8 Å². The molecule has 0 atom stereocenters. The Kier molecular flexibility index (Phi) is 6.45. The molecule has 0 spiro atoms. The van der Waals surface area contributed by atoms with Crippen LogP contribution in [0.1, 0.15) is 6.92 Å². The van der Waals surface area contributed by atoms with E-state index in [9.17, 15) is 13.2 Å². The van der Waals surface area contributed by atoms with Crippen LogP contribution < -0.4 is 0 Å². The minimum atomic E-state index is -3.37. The van der Waals surface area contributed by atoms with Crippen LogP contribution >= 0.6 is 11.6 Å². The van der Waals surface area contributed by atoms with E-state index in [1.54, 1.807) is 18.9 Å². The lowest BCUT2D eigenvalue weighted by Crippen LogP contribution is -2.31. The number of carbonyl (C=O) groups excluding carboxylic acids is 1. The minimum Gasteiger partial charge on any atom is -0.465 e. The zero-order valence-electron chi connectivity index (χ0n) is 11.5. The summed E-state index contributed by atoms with van der Waals surface area (Å²) in [5.41, 5.74) is 0. The molecule has 5 nitrogen and oxygen atoms in total. The lowest BCUT2D eigenvalue weighted by Gasteiger charge is -2.15. The van der Waals surface area contributed by atoms with Gasteiger partial charge in [-0.1, -0.05) is 11.6 Å². The number of halogens is 1. The van der Waals surface area contributed by atoms with Gasteiger partial charge in [0.2, 0.25) is 0 Å². The Morgan fingerprint density at radius 3 is 2.45 bits per heavy atom. The molecular formula is C13H18ClNO4S. The normalized spacial score (nSPS) is 11.6. The molecule has 0 saturated carbocycles. The van der Waals surface area contributed by atoms with Gasteiger partial charge in [0.15, 0.2) is 9.84 Å². The maximum Gasteiger partial charge on any atom is 0.320 e. The summed E-state index contributed by atoms with van der Waals surface area (Å²) in [5, 5.41) is 0.489. The molecule has 0 amide bonds. The molecule has 0 N–H and O–H groups in total. The van der Waals surface area contributed by atoms with Gasteiger partial charge in [0.05, 0.1) is 23.8 Å². The van der Waals surface area contributed by atoms with Gasteiger partial charge in [0.25, 0.3) is 0 Å². The number of ether oxygens (including phenoxy) is 1. The average molecular weight is 320 g/mol. The quantitative estimate of drug-likeness (QED) is 0.714. The molecule has 1 aromatic rings. The first-order valence-corrected chi connectivity index (χ1v) is 8.20. The van der Waals surface area contributed by atoms with Gasteiger partial charge >= 0.3 is 5.97 Å². The second-order valence-electron chi connectivity index (χ2n) is 4.32. The fourth-order valence-electron chi connectivity index (χ4n) is 1.54. The molecule has 7 heteroatoms. The summed E-state index contributed by atoms with van der Waals surface area (Å²) in [4.78, 5) is 13.1. The minimum absolute atomic E-state index is 0.0649. The Morgan fingerprint density at radius 1 is 1.30 bits per heavy atom. The molecule has 0 aromatic heterocycles. The van der Waals surface area contributed by atoms with E-state index in [0.717, 1.165) is 0 Å². The summed E-state index contributed by atoms with van der Waals surface area (Å²) in [7, 11) is -1.70. The molecule has 0 saturated heterocycles. The SMILES string of the molecule is CCOC(=O)CN(C)CCS(=O)(=O)c1ccc(Cl)cc1. The van der Waals surface area contributed by atoms with E-state index in [2.05, 4.69) is 0 Å². The molecular weight excluding hydrogens is 302 g/mol. The summed E-state index contributed by atoms with van der Waals surface area (Å²) >= 11 is 5.72. The van der Waals surface area contributed by atoms with Crippen LogP contribution in [0.2, 0.25) is 5.02 Å². The lowest BCUT2D eigenvalue weighted by atomic mass is 10.4. The van der Waals surface area contributed by atoms with Crippen LogP contribution in [0.15, 0.2) is 29.2 Å². The Balaban J connectivity index is 2.55. The zero-order chi connectivity index (χ0) is 15.2. The van der Waals surface area contributed by atoms with Gasteiger partial charge in [-0.05, 0) is 38.2 Å². The van der Waals surface area contributed by atoms with Crippen molar-refractivity contribution in [2.45, 2.75) is 11.8 Å². The third-order valence-electron chi connectivity index (χ3n) is 2.62. The van der Waals surface area contributed by atoms with Gasteiger partial charge in [-0.3, -0.25) is 9.69 Å². The van der Waals surface area contributed by atoms with Crippen LogP contribution in [-0.2, 0) is 19.4 Å². The smallest absolute Gasteiger partial charge is 0.320 e. The number of esters is 1. The molecule has 0 aliphatic carbocycles. The Hall–Kier alpha value is -1.11. The number of rotatable bonds is 7. The van der Waals surface area contributed by atoms with E-state index in [4.69, 9.17) is 16.3 Å². The van der Waals surface area contributed by atoms with Crippen molar-refractivity contribution in [3.05, 3.63) is 29.3 Å². The monoisotopic (exact) mass is 319 g/mol. The first-order chi connectivity index (χ1) is 9.35. The van der Waals surface area contributed by atoms with E-state index in [1.165, 1.54) is 24.3 Å². The molecule has 1 aromatic carbocycles. The van der Waals surface area contributed by atoms with Crippen molar-refractivity contribution in [3.8, 4) is 0 Å². The second-order valence-corrected chi connectivity index (χ2v) is 6.86. The maximum atomic E-state index is 12.1. The highest BCUT2D eigenvalue weighted by Gasteiger charge is 2.16. The standard InChI is InChI=1S/C13H18ClNO4S/c1-3-19-13(16)10-15(2)8-9-20(17,18)12-6-4-11(14)5-7-12/h4-7H,3,8-10H2,1-2H3. The van der Waals surface area contributed by atoms with E-state index in [0.29, 0.717) is 11.6 Å². The topological polar surface area (TPSA) is 63.7 Å². The first-order valence-electron chi connectivity index (χ1n) is 6.17. The molecule has 0 aliphatic heterocycles. The van der Waals surface area contributed by atoms with Gasteiger partial charge in [-0.25, -0.2) is 8.42 Å². The highest BCUT2D eigenvalue weighted by Crippen LogP contribution is 2.15. The summed E-state index contributed by atoms with van der Waals surface area (Å²) in [6.07, 6.45) is 0. The van der Waals surface area contributed by atoms with Gasteiger partial charge in [0, 0.05) is 11.6 Å². The highest BCUT2D eigenvalue weighted by atomic mass is 35.5. The number of benzene rings is 1. The van der Waals surface area contributed by atoms with E-state index in [1.807, 2.05) is 0 Å². The second kappa shape index (κ2) is 7.61. The van der Waals surface area contributed by atoms with Crippen LogP contribution in [0.4, 0.5) is 0 Å². The van der Waals surface area contributed by atoms with Crippen molar-refractivity contribution in [2.24, 2.45) is 0 Å². The van der Waals surface area contributed by atoms with Crippen LogP contribution in [0, 0.1) is 0 Å². The third kappa shape index (κ3) is 5.48.